The van der Waals surface area contributed by atoms with E-state index in [2.05, 4.69) is 45.1 Å². The van der Waals surface area contributed by atoms with Crippen LogP contribution in [0.15, 0.2) is 0 Å². The van der Waals surface area contributed by atoms with Crippen molar-refractivity contribution in [1.82, 2.24) is 10.4 Å². The molecule has 2 heteroatoms. The molecule has 73 valence electrons. The summed E-state index contributed by atoms with van der Waals surface area (Å²) >= 11 is 0. The van der Waals surface area contributed by atoms with Crippen LogP contribution in [0.1, 0.15) is 34.1 Å². The van der Waals surface area contributed by atoms with Gasteiger partial charge in [0.25, 0.3) is 0 Å². The summed E-state index contributed by atoms with van der Waals surface area (Å²) in [5.74, 6) is 0.707. The van der Waals surface area contributed by atoms with Crippen molar-refractivity contribution in [3.05, 3.63) is 6.92 Å². The second-order valence-electron chi connectivity index (χ2n) is 3.71. The van der Waals surface area contributed by atoms with Gasteiger partial charge >= 0.3 is 0 Å². The van der Waals surface area contributed by atoms with Crippen LogP contribution < -0.4 is 5.43 Å². The normalized spacial score (nSPS) is 14.2. The molecule has 0 bridgehead atoms. The molecule has 0 spiro atoms. The van der Waals surface area contributed by atoms with Crippen molar-refractivity contribution in [3.8, 4) is 0 Å². The zero-order chi connectivity index (χ0) is 9.56. The molecule has 1 unspecified atom stereocenters. The van der Waals surface area contributed by atoms with Crippen LogP contribution >= 0.6 is 0 Å². The maximum atomic E-state index is 3.80. The van der Waals surface area contributed by atoms with Crippen LogP contribution in [0.2, 0.25) is 0 Å². The molecule has 0 amide bonds. The molecule has 1 atom stereocenters. The van der Waals surface area contributed by atoms with Crippen LogP contribution in [0.3, 0.4) is 0 Å². The van der Waals surface area contributed by atoms with Crippen molar-refractivity contribution in [1.29, 1.82) is 0 Å². The molecule has 0 rings (SSSR count). The van der Waals surface area contributed by atoms with Gasteiger partial charge in [0, 0.05) is 19.1 Å². The molecule has 2 nitrogen and oxygen atoms in total. The highest BCUT2D eigenvalue weighted by Gasteiger charge is 2.11. The van der Waals surface area contributed by atoms with E-state index in [4.69, 9.17) is 0 Å². The first-order chi connectivity index (χ1) is 5.61. The summed E-state index contributed by atoms with van der Waals surface area (Å²) in [5, 5.41) is 2.29. The Bertz CT molecular complexity index is 102. The fourth-order valence-electron chi connectivity index (χ4n) is 1.16. The minimum absolute atomic E-state index is 0.606. The van der Waals surface area contributed by atoms with E-state index < -0.39 is 0 Å². The molecule has 0 aromatic carbocycles. The summed E-state index contributed by atoms with van der Waals surface area (Å²) in [5.41, 5.74) is 3.29. The highest BCUT2D eigenvalue weighted by atomic mass is 15.5. The largest absolute Gasteiger partial charge is 0.255 e. The van der Waals surface area contributed by atoms with E-state index in [0.29, 0.717) is 12.0 Å². The first-order valence-corrected chi connectivity index (χ1v) is 4.91. The highest BCUT2D eigenvalue weighted by molar-refractivity contribution is 4.63. The van der Waals surface area contributed by atoms with Crippen molar-refractivity contribution in [2.45, 2.75) is 40.2 Å². The van der Waals surface area contributed by atoms with Crippen molar-refractivity contribution < 1.29 is 0 Å². The number of hydrogen-bond acceptors (Lipinski definition) is 2. The van der Waals surface area contributed by atoms with Gasteiger partial charge in [0.1, 0.15) is 0 Å². The Morgan fingerprint density at radius 1 is 1.33 bits per heavy atom. The zero-order valence-electron chi connectivity index (χ0n) is 8.93. The first kappa shape index (κ1) is 11.9. The lowest BCUT2D eigenvalue weighted by Crippen LogP contribution is -2.45. The average Bonchev–Trinajstić information content (AvgIpc) is 2.01. The molecule has 0 aromatic rings. The molecular formula is C10H23N2. The Kier molecular flexibility index (Phi) is 6.39. The average molecular weight is 171 g/mol. The minimum Gasteiger partial charge on any atom is -0.255 e. The number of hydrazine groups is 1. The fraction of sp³-hybridized carbons (Fsp3) is 0.900. The Morgan fingerprint density at radius 2 is 1.92 bits per heavy atom. The van der Waals surface area contributed by atoms with Crippen molar-refractivity contribution in [2.75, 3.05) is 13.1 Å². The Morgan fingerprint density at radius 3 is 2.25 bits per heavy atom. The summed E-state index contributed by atoms with van der Waals surface area (Å²) in [6.07, 6.45) is 1.18. The second kappa shape index (κ2) is 6.44. The molecule has 0 heterocycles. The lowest BCUT2D eigenvalue weighted by molar-refractivity contribution is 0.119. The maximum absolute atomic E-state index is 3.80. The van der Waals surface area contributed by atoms with Gasteiger partial charge < -0.3 is 0 Å². The van der Waals surface area contributed by atoms with Crippen molar-refractivity contribution in [2.24, 2.45) is 5.92 Å². The fourth-order valence-corrected chi connectivity index (χ4v) is 1.16. The van der Waals surface area contributed by atoms with E-state index in [1.807, 2.05) is 0 Å². The van der Waals surface area contributed by atoms with Gasteiger partial charge in [-0.05, 0) is 26.2 Å². The summed E-state index contributed by atoms with van der Waals surface area (Å²) in [6, 6.07) is 0.606. The summed E-state index contributed by atoms with van der Waals surface area (Å²) in [4.78, 5) is 0. The highest BCUT2D eigenvalue weighted by Crippen LogP contribution is 2.03. The van der Waals surface area contributed by atoms with Crippen LogP contribution in [-0.4, -0.2) is 24.1 Å². The zero-order valence-corrected chi connectivity index (χ0v) is 8.93. The summed E-state index contributed by atoms with van der Waals surface area (Å²) in [6.45, 7) is 14.6. The molecule has 1 N–H and O–H groups in total. The van der Waals surface area contributed by atoms with E-state index in [-0.39, 0.29) is 0 Å². The lowest BCUT2D eigenvalue weighted by atomic mass is 10.2. The molecule has 0 aromatic heterocycles. The van der Waals surface area contributed by atoms with Crippen molar-refractivity contribution >= 4 is 0 Å². The monoisotopic (exact) mass is 171 g/mol. The van der Waals surface area contributed by atoms with Gasteiger partial charge in [0.05, 0.1) is 0 Å². The summed E-state index contributed by atoms with van der Waals surface area (Å²) in [7, 11) is 0. The predicted molar refractivity (Wildman–Crippen MR) is 54.7 cm³/mol. The standard InChI is InChI=1S/C10H23N2/c1-6-10(5)12(11-7-2)8-9(3)4/h9-11H,2,6-8H2,1,3-5H3. The molecule has 0 saturated carbocycles. The van der Waals surface area contributed by atoms with Crippen LogP contribution in [0, 0.1) is 12.8 Å². The first-order valence-electron chi connectivity index (χ1n) is 4.91. The van der Waals surface area contributed by atoms with E-state index in [1.165, 1.54) is 6.42 Å². The molecule has 0 aliphatic carbocycles. The third-order valence-electron chi connectivity index (χ3n) is 2.00. The molecule has 0 fully saturated rings. The number of nitrogens with one attached hydrogen (secondary N) is 1. The third-order valence-corrected chi connectivity index (χ3v) is 2.00. The quantitative estimate of drug-likeness (QED) is 0.616. The third kappa shape index (κ3) is 4.73. The van der Waals surface area contributed by atoms with Gasteiger partial charge in [0.2, 0.25) is 0 Å². The summed E-state index contributed by atoms with van der Waals surface area (Å²) < 4.78 is 0. The van der Waals surface area contributed by atoms with Crippen LogP contribution in [0.25, 0.3) is 0 Å². The lowest BCUT2D eigenvalue weighted by Gasteiger charge is -2.29. The number of nitrogens with zero attached hydrogens (tertiary/aromatic N) is 1. The van der Waals surface area contributed by atoms with Gasteiger partial charge in [0.15, 0.2) is 0 Å². The molecule has 0 aliphatic heterocycles. The Hall–Kier alpha value is -0.0800. The SMILES string of the molecule is [CH2]CNN(CC(C)C)C(C)CC. The van der Waals surface area contributed by atoms with E-state index in [1.54, 1.807) is 0 Å². The van der Waals surface area contributed by atoms with Gasteiger partial charge in [-0.1, -0.05) is 20.8 Å². The Labute approximate surface area is 77.3 Å². The number of rotatable bonds is 6. The smallest absolute Gasteiger partial charge is 0.0212 e. The van der Waals surface area contributed by atoms with Crippen molar-refractivity contribution in [3.63, 3.8) is 0 Å². The molecule has 1 radical (unpaired) electrons. The molecule has 12 heavy (non-hydrogen) atoms. The van der Waals surface area contributed by atoms with Gasteiger partial charge in [-0.15, -0.1) is 0 Å². The van der Waals surface area contributed by atoms with Gasteiger partial charge in [-0.25, -0.2) is 5.01 Å². The maximum Gasteiger partial charge on any atom is 0.0212 e. The van der Waals surface area contributed by atoms with Crippen LogP contribution in [0.4, 0.5) is 0 Å². The van der Waals surface area contributed by atoms with E-state index >= 15 is 0 Å². The molecule has 0 saturated heterocycles. The van der Waals surface area contributed by atoms with E-state index in [0.717, 1.165) is 13.1 Å². The van der Waals surface area contributed by atoms with Crippen LogP contribution in [-0.2, 0) is 0 Å². The van der Waals surface area contributed by atoms with Gasteiger partial charge in [-0.3, -0.25) is 5.43 Å². The molecule has 0 aliphatic rings. The Balaban J connectivity index is 3.84. The second-order valence-corrected chi connectivity index (χ2v) is 3.71. The van der Waals surface area contributed by atoms with Gasteiger partial charge in [-0.2, -0.15) is 0 Å². The minimum atomic E-state index is 0.606. The number of hydrogen-bond donors (Lipinski definition) is 1. The predicted octanol–water partition coefficient (Wildman–Crippen LogP) is 2.08. The molecular weight excluding hydrogens is 148 g/mol. The van der Waals surface area contributed by atoms with E-state index in [9.17, 15) is 0 Å². The topological polar surface area (TPSA) is 15.3 Å². The van der Waals surface area contributed by atoms with Crippen LogP contribution in [0.5, 0.6) is 0 Å².